The molecule has 1 N–H and O–H groups in total. The summed E-state index contributed by atoms with van der Waals surface area (Å²) in [6.45, 7) is 6.53. The molecule has 0 radical (unpaired) electrons. The first-order valence-corrected chi connectivity index (χ1v) is 8.10. The van der Waals surface area contributed by atoms with Crippen molar-refractivity contribution in [3.8, 4) is 0 Å². The summed E-state index contributed by atoms with van der Waals surface area (Å²) in [6, 6.07) is 0. The Hall–Kier alpha value is -1.08. The molecule has 0 aliphatic carbocycles. The second-order valence-corrected chi connectivity index (χ2v) is 8.08. The minimum atomic E-state index is -4.16. The Bertz CT molecular complexity index is 667. The van der Waals surface area contributed by atoms with Gasteiger partial charge in [0.1, 0.15) is 0 Å². The smallest absolute Gasteiger partial charge is 0.299 e. The monoisotopic (exact) mass is 308 g/mol. The zero-order valence-corrected chi connectivity index (χ0v) is 12.6. The van der Waals surface area contributed by atoms with E-state index in [1.165, 1.54) is 0 Å². The Kier molecular flexibility index (Phi) is 4.63. The summed E-state index contributed by atoms with van der Waals surface area (Å²) in [5.74, 6) is 0. The predicted octanol–water partition coefficient (Wildman–Crippen LogP) is 1.29. The molecular weight excluding hydrogens is 292 g/mol. The summed E-state index contributed by atoms with van der Waals surface area (Å²) in [6.07, 6.45) is 2.55. The van der Waals surface area contributed by atoms with Crippen LogP contribution >= 0.6 is 10.7 Å². The molecule has 0 aromatic carbocycles. The van der Waals surface area contributed by atoms with Crippen LogP contribution in [0.15, 0.2) is 20.7 Å². The highest BCUT2D eigenvalue weighted by Crippen LogP contribution is 2.20. The van der Waals surface area contributed by atoms with Crippen LogP contribution in [0.1, 0.15) is 33.6 Å². The van der Waals surface area contributed by atoms with Crippen molar-refractivity contribution < 1.29 is 8.42 Å². The second-order valence-electron chi connectivity index (χ2n) is 5.55. The first kappa shape index (κ1) is 16.0. The molecule has 0 atom stereocenters. The van der Waals surface area contributed by atoms with Gasteiger partial charge < -0.3 is 0 Å². The van der Waals surface area contributed by atoms with E-state index >= 15 is 0 Å². The maximum Gasteiger partial charge on any atom is 0.328 e. The van der Waals surface area contributed by atoms with Gasteiger partial charge in [-0.1, -0.05) is 20.8 Å². The van der Waals surface area contributed by atoms with E-state index in [9.17, 15) is 18.0 Å². The average molecular weight is 309 g/mol. The summed E-state index contributed by atoms with van der Waals surface area (Å²) < 4.78 is 23.5. The van der Waals surface area contributed by atoms with Gasteiger partial charge in [0.25, 0.3) is 14.6 Å². The highest BCUT2D eigenvalue weighted by molar-refractivity contribution is 8.13. The van der Waals surface area contributed by atoms with E-state index in [0.717, 1.165) is 17.2 Å². The third-order valence-corrected chi connectivity index (χ3v) is 3.88. The van der Waals surface area contributed by atoms with Gasteiger partial charge in [-0.05, 0) is 18.3 Å². The lowest BCUT2D eigenvalue weighted by atomic mass is 9.91. The molecule has 0 amide bonds. The molecule has 1 aromatic heterocycles. The molecule has 1 aromatic rings. The maximum absolute atomic E-state index is 11.5. The molecule has 6 nitrogen and oxygen atoms in total. The van der Waals surface area contributed by atoms with Gasteiger partial charge in [-0.3, -0.25) is 14.3 Å². The molecule has 1 heterocycles. The molecule has 0 aliphatic heterocycles. The maximum atomic E-state index is 11.5. The molecule has 0 aliphatic rings. The first-order valence-electron chi connectivity index (χ1n) is 5.79. The van der Waals surface area contributed by atoms with Gasteiger partial charge in [0.15, 0.2) is 4.90 Å². The fourth-order valence-electron chi connectivity index (χ4n) is 1.61. The molecule has 1 rings (SSSR count). The number of aromatic nitrogens is 2. The standard InChI is InChI=1S/C11H17ClN2O4S/c1-11(2,3)5-4-6-14-7-8(19(12,17)18)9(15)13-10(14)16/h7H,4-6H2,1-3H3,(H,13,15,16). The average Bonchev–Trinajstić information content (AvgIpc) is 2.17. The van der Waals surface area contributed by atoms with Crippen molar-refractivity contribution in [2.24, 2.45) is 5.41 Å². The lowest BCUT2D eigenvalue weighted by Gasteiger charge is -2.17. The third kappa shape index (κ3) is 4.83. The summed E-state index contributed by atoms with van der Waals surface area (Å²) in [7, 11) is 0.974. The van der Waals surface area contributed by atoms with Gasteiger partial charge in [-0.15, -0.1) is 0 Å². The third-order valence-electron chi connectivity index (χ3n) is 2.57. The van der Waals surface area contributed by atoms with E-state index in [1.54, 1.807) is 0 Å². The Morgan fingerprint density at radius 2 is 1.89 bits per heavy atom. The minimum absolute atomic E-state index is 0.118. The number of aromatic amines is 1. The number of hydrogen-bond acceptors (Lipinski definition) is 4. The number of aryl methyl sites for hydroxylation is 1. The molecule has 0 fully saturated rings. The van der Waals surface area contributed by atoms with Gasteiger partial charge in [-0.25, -0.2) is 13.2 Å². The fraction of sp³-hybridized carbons (Fsp3) is 0.636. The molecule has 0 saturated carbocycles. The lowest BCUT2D eigenvalue weighted by molar-refractivity contribution is 0.351. The van der Waals surface area contributed by atoms with Crippen molar-refractivity contribution in [1.29, 1.82) is 0 Å². The zero-order chi connectivity index (χ0) is 14.8. The van der Waals surface area contributed by atoms with Crippen molar-refractivity contribution in [1.82, 2.24) is 9.55 Å². The van der Waals surface area contributed by atoms with Gasteiger partial charge in [0, 0.05) is 23.4 Å². The molecule has 19 heavy (non-hydrogen) atoms. The van der Waals surface area contributed by atoms with Gasteiger partial charge in [0.2, 0.25) is 0 Å². The Morgan fingerprint density at radius 3 is 2.37 bits per heavy atom. The van der Waals surface area contributed by atoms with Crippen molar-refractivity contribution in [2.45, 2.75) is 45.1 Å². The predicted molar refractivity (Wildman–Crippen MR) is 73.1 cm³/mol. The molecule has 0 spiro atoms. The second kappa shape index (κ2) is 5.50. The van der Waals surface area contributed by atoms with Crippen LogP contribution in [0.2, 0.25) is 0 Å². The number of nitrogens with one attached hydrogen (secondary N) is 1. The van der Waals surface area contributed by atoms with Crippen molar-refractivity contribution in [2.75, 3.05) is 0 Å². The van der Waals surface area contributed by atoms with E-state index in [4.69, 9.17) is 10.7 Å². The van der Waals surface area contributed by atoms with E-state index in [1.807, 2.05) is 4.98 Å². The summed E-state index contributed by atoms with van der Waals surface area (Å²) in [4.78, 5) is 24.2. The Balaban J connectivity index is 3.04. The van der Waals surface area contributed by atoms with Crippen LogP contribution in [0.5, 0.6) is 0 Å². The van der Waals surface area contributed by atoms with Crippen LogP contribution in [-0.4, -0.2) is 18.0 Å². The van der Waals surface area contributed by atoms with E-state index < -0.39 is 25.2 Å². The van der Waals surface area contributed by atoms with Crippen LogP contribution in [0, 0.1) is 5.41 Å². The van der Waals surface area contributed by atoms with E-state index in [2.05, 4.69) is 20.8 Å². The quantitative estimate of drug-likeness (QED) is 0.849. The van der Waals surface area contributed by atoms with Crippen molar-refractivity contribution >= 4 is 19.7 Å². The van der Waals surface area contributed by atoms with Gasteiger partial charge in [0.05, 0.1) is 0 Å². The molecule has 8 heteroatoms. The van der Waals surface area contributed by atoms with Crippen LogP contribution in [-0.2, 0) is 15.6 Å². The van der Waals surface area contributed by atoms with Crippen LogP contribution in [0.4, 0.5) is 0 Å². The largest absolute Gasteiger partial charge is 0.328 e. The van der Waals surface area contributed by atoms with E-state index in [0.29, 0.717) is 13.0 Å². The first-order chi connectivity index (χ1) is 8.50. The zero-order valence-electron chi connectivity index (χ0n) is 11.1. The highest BCUT2D eigenvalue weighted by atomic mass is 35.7. The number of hydrogen-bond donors (Lipinski definition) is 1. The highest BCUT2D eigenvalue weighted by Gasteiger charge is 2.17. The van der Waals surface area contributed by atoms with Crippen LogP contribution in [0.25, 0.3) is 0 Å². The number of rotatable bonds is 4. The van der Waals surface area contributed by atoms with Crippen molar-refractivity contribution in [3.63, 3.8) is 0 Å². The minimum Gasteiger partial charge on any atom is -0.299 e. The molecule has 0 saturated heterocycles. The lowest BCUT2D eigenvalue weighted by Crippen LogP contribution is -2.32. The van der Waals surface area contributed by atoms with Crippen molar-refractivity contribution in [3.05, 3.63) is 27.0 Å². The SMILES string of the molecule is CC(C)(C)CCCn1cc(S(=O)(=O)Cl)c(=O)[nH]c1=O. The van der Waals surface area contributed by atoms with Gasteiger partial charge >= 0.3 is 5.69 Å². The molecule has 0 bridgehead atoms. The molecule has 108 valence electrons. The topological polar surface area (TPSA) is 89.0 Å². The Labute approximate surface area is 115 Å². The van der Waals surface area contributed by atoms with E-state index in [-0.39, 0.29) is 5.41 Å². The number of nitrogens with zero attached hydrogens (tertiary/aromatic N) is 1. The summed E-state index contributed by atoms with van der Waals surface area (Å²) >= 11 is 0. The van der Waals surface area contributed by atoms with Crippen LogP contribution < -0.4 is 11.2 Å². The Morgan fingerprint density at radius 1 is 1.32 bits per heavy atom. The normalized spacial score (nSPS) is 12.6. The number of H-pyrrole nitrogens is 1. The summed E-state index contributed by atoms with van der Waals surface area (Å²) in [5, 5.41) is 0. The van der Waals surface area contributed by atoms with Gasteiger partial charge in [-0.2, -0.15) is 0 Å². The number of halogens is 1. The summed E-state index contributed by atoms with van der Waals surface area (Å²) in [5.41, 5.74) is -1.51. The van der Waals surface area contributed by atoms with Crippen LogP contribution in [0.3, 0.4) is 0 Å². The fourth-order valence-corrected chi connectivity index (χ4v) is 2.46. The molecular formula is C11H17ClN2O4S. The molecule has 0 unspecified atom stereocenters.